The van der Waals surface area contributed by atoms with Crippen LogP contribution in [0.25, 0.3) is 15.8 Å². The Kier molecular flexibility index (Phi) is 5.96. The molecule has 3 aromatic rings. The van der Waals surface area contributed by atoms with Crippen molar-refractivity contribution in [2.75, 3.05) is 5.32 Å². The predicted molar refractivity (Wildman–Crippen MR) is 127 cm³/mol. The van der Waals surface area contributed by atoms with E-state index in [0.29, 0.717) is 30.4 Å². The first-order valence-electron chi connectivity index (χ1n) is 11.2. The third-order valence-corrected chi connectivity index (χ3v) is 7.62. The highest BCUT2D eigenvalue weighted by Crippen LogP contribution is 2.41. The van der Waals surface area contributed by atoms with Crippen LogP contribution in [0.2, 0.25) is 0 Å². The number of nitrogens with one attached hydrogen (secondary N) is 1. The SMILES string of the molecule is O=C(O)[C@@H]1CCC[C@H]1C(=O)C1(Nc2nc3c(F)cc(F)cc3s2)C=CC(c2cccc(F)c2)=CC1. The quantitative estimate of drug-likeness (QED) is 0.437. The second-order valence-corrected chi connectivity index (χ2v) is 9.93. The fourth-order valence-electron chi connectivity index (χ4n) is 4.96. The fraction of sp³-hybridized carbons (Fsp3) is 0.269. The normalized spacial score (nSPS) is 23.9. The zero-order chi connectivity index (χ0) is 24.7. The minimum Gasteiger partial charge on any atom is -0.481 e. The molecule has 2 aliphatic carbocycles. The van der Waals surface area contributed by atoms with Crippen molar-refractivity contribution in [3.8, 4) is 0 Å². The van der Waals surface area contributed by atoms with Crippen molar-refractivity contribution < 1.29 is 27.9 Å². The largest absolute Gasteiger partial charge is 0.481 e. The van der Waals surface area contributed by atoms with Gasteiger partial charge < -0.3 is 10.4 Å². The number of hydrogen-bond acceptors (Lipinski definition) is 5. The number of Topliss-reactive ketones (excluding diaryl/α,β-unsaturated/α-hetero) is 1. The van der Waals surface area contributed by atoms with Crippen LogP contribution in [-0.2, 0) is 9.59 Å². The molecule has 0 aliphatic heterocycles. The maximum Gasteiger partial charge on any atom is 0.307 e. The Morgan fingerprint density at radius 3 is 2.60 bits per heavy atom. The van der Waals surface area contributed by atoms with E-state index < -0.39 is 35.0 Å². The number of hydrogen-bond donors (Lipinski definition) is 2. The standard InChI is InChI=1S/C26H21F3N2O3S/c27-16-4-1-3-15(11-16)14-7-9-26(10-8-14,23(32)18-5-2-6-19(18)24(33)34)31-25-30-22-20(29)12-17(28)13-21(22)35-25/h1,3-4,7-9,11-13,18-19H,2,5-6,10H2,(H,30,31)(H,33,34)/t18-,19-,26?/m1/s1. The van der Waals surface area contributed by atoms with Gasteiger partial charge in [0, 0.05) is 18.4 Å². The summed E-state index contributed by atoms with van der Waals surface area (Å²) in [7, 11) is 0. The van der Waals surface area contributed by atoms with E-state index in [-0.39, 0.29) is 33.4 Å². The summed E-state index contributed by atoms with van der Waals surface area (Å²) < 4.78 is 42.0. The average molecular weight is 499 g/mol. The number of ketones is 1. The van der Waals surface area contributed by atoms with Gasteiger partial charge in [0.05, 0.1) is 10.6 Å². The molecule has 0 saturated heterocycles. The van der Waals surface area contributed by atoms with Gasteiger partial charge in [-0.2, -0.15) is 0 Å². The number of carbonyl (C=O) groups is 2. The van der Waals surface area contributed by atoms with E-state index >= 15 is 0 Å². The zero-order valence-electron chi connectivity index (χ0n) is 18.4. The Balaban J connectivity index is 1.52. The van der Waals surface area contributed by atoms with E-state index in [1.807, 2.05) is 0 Å². The summed E-state index contributed by atoms with van der Waals surface area (Å²) in [4.78, 5) is 29.9. The molecule has 5 nitrogen and oxygen atoms in total. The van der Waals surface area contributed by atoms with E-state index in [1.165, 1.54) is 18.2 Å². The number of halogens is 3. The van der Waals surface area contributed by atoms with Crippen molar-refractivity contribution >= 4 is 44.0 Å². The van der Waals surface area contributed by atoms with Crippen LogP contribution in [-0.4, -0.2) is 27.4 Å². The topological polar surface area (TPSA) is 79.3 Å². The molecule has 3 atom stereocenters. The highest BCUT2D eigenvalue weighted by Gasteiger charge is 2.47. The second-order valence-electron chi connectivity index (χ2n) is 8.90. The number of fused-ring (bicyclic) bond motifs is 1. The number of rotatable bonds is 6. The van der Waals surface area contributed by atoms with Gasteiger partial charge in [-0.1, -0.05) is 48.1 Å². The molecule has 1 aromatic heterocycles. The molecule has 1 heterocycles. The lowest BCUT2D eigenvalue weighted by Gasteiger charge is -2.35. The van der Waals surface area contributed by atoms with E-state index in [9.17, 15) is 27.9 Å². The Bertz CT molecular complexity index is 1400. The van der Waals surface area contributed by atoms with Crippen molar-refractivity contribution in [1.82, 2.24) is 4.98 Å². The first-order valence-corrected chi connectivity index (χ1v) is 12.0. The number of anilines is 1. The van der Waals surface area contributed by atoms with Crippen LogP contribution in [0.4, 0.5) is 18.3 Å². The van der Waals surface area contributed by atoms with Crippen LogP contribution < -0.4 is 5.32 Å². The summed E-state index contributed by atoms with van der Waals surface area (Å²) in [5.74, 6) is -4.71. The van der Waals surface area contributed by atoms with Crippen LogP contribution in [0.15, 0.2) is 54.6 Å². The van der Waals surface area contributed by atoms with Crippen LogP contribution in [0.3, 0.4) is 0 Å². The highest BCUT2D eigenvalue weighted by atomic mass is 32.1. The Morgan fingerprint density at radius 2 is 1.89 bits per heavy atom. The third kappa shape index (κ3) is 4.36. The lowest BCUT2D eigenvalue weighted by atomic mass is 9.76. The van der Waals surface area contributed by atoms with Crippen molar-refractivity contribution in [3.63, 3.8) is 0 Å². The van der Waals surface area contributed by atoms with Crippen LogP contribution in [0, 0.1) is 29.3 Å². The lowest BCUT2D eigenvalue weighted by molar-refractivity contribution is -0.146. The molecule has 1 unspecified atom stereocenters. The molecule has 5 rings (SSSR count). The number of carboxylic acids is 1. The molecule has 2 N–H and O–H groups in total. The highest BCUT2D eigenvalue weighted by molar-refractivity contribution is 7.22. The number of carbonyl (C=O) groups excluding carboxylic acids is 1. The van der Waals surface area contributed by atoms with Gasteiger partial charge in [0.2, 0.25) is 0 Å². The fourth-order valence-corrected chi connectivity index (χ4v) is 5.95. The lowest BCUT2D eigenvalue weighted by Crippen LogP contribution is -2.49. The van der Waals surface area contributed by atoms with Crippen molar-refractivity contribution in [1.29, 1.82) is 0 Å². The molecule has 1 fully saturated rings. The molecule has 0 bridgehead atoms. The smallest absolute Gasteiger partial charge is 0.307 e. The number of carboxylic acid groups (broad SMARTS) is 1. The summed E-state index contributed by atoms with van der Waals surface area (Å²) in [5, 5.41) is 13.0. The van der Waals surface area contributed by atoms with Crippen LogP contribution in [0.5, 0.6) is 0 Å². The van der Waals surface area contributed by atoms with Gasteiger partial charge in [0.15, 0.2) is 16.7 Å². The molecular weight excluding hydrogens is 477 g/mol. The van der Waals surface area contributed by atoms with Gasteiger partial charge >= 0.3 is 5.97 Å². The number of aliphatic carboxylic acids is 1. The van der Waals surface area contributed by atoms with Crippen molar-refractivity contribution in [3.05, 3.63) is 77.6 Å². The molecule has 0 spiro atoms. The number of benzene rings is 2. The maximum absolute atomic E-state index is 14.2. The van der Waals surface area contributed by atoms with Crippen LogP contribution in [0.1, 0.15) is 31.2 Å². The molecule has 2 aromatic carbocycles. The zero-order valence-corrected chi connectivity index (χ0v) is 19.2. The molecule has 1 saturated carbocycles. The van der Waals surface area contributed by atoms with Gasteiger partial charge in [0.1, 0.15) is 22.7 Å². The van der Waals surface area contributed by atoms with Crippen molar-refractivity contribution in [2.45, 2.75) is 31.2 Å². The van der Waals surface area contributed by atoms with E-state index in [1.54, 1.807) is 30.4 Å². The third-order valence-electron chi connectivity index (χ3n) is 6.70. The van der Waals surface area contributed by atoms with Gasteiger partial charge in [-0.25, -0.2) is 18.2 Å². The molecular formula is C26H21F3N2O3S. The van der Waals surface area contributed by atoms with E-state index in [4.69, 9.17) is 0 Å². The Morgan fingerprint density at radius 1 is 1.09 bits per heavy atom. The minimum atomic E-state index is -1.33. The predicted octanol–water partition coefficient (Wildman–Crippen LogP) is 5.98. The minimum absolute atomic E-state index is 0.0124. The van der Waals surface area contributed by atoms with Gasteiger partial charge in [-0.3, -0.25) is 9.59 Å². The Labute approximate surface area is 203 Å². The number of thiazole rings is 1. The summed E-state index contributed by atoms with van der Waals surface area (Å²) in [6.07, 6.45) is 6.79. The summed E-state index contributed by atoms with van der Waals surface area (Å²) >= 11 is 1.01. The van der Waals surface area contributed by atoms with E-state index in [2.05, 4.69) is 10.3 Å². The van der Waals surface area contributed by atoms with E-state index in [0.717, 1.165) is 17.4 Å². The Hall–Kier alpha value is -3.46. The molecule has 9 heteroatoms. The maximum atomic E-state index is 14.2. The number of allylic oxidation sites excluding steroid dienone is 2. The van der Waals surface area contributed by atoms with Gasteiger partial charge in [-0.15, -0.1) is 0 Å². The summed E-state index contributed by atoms with van der Waals surface area (Å²) in [6, 6.07) is 8.00. The van der Waals surface area contributed by atoms with Crippen molar-refractivity contribution in [2.24, 2.45) is 11.8 Å². The number of nitrogens with zero attached hydrogens (tertiary/aromatic N) is 1. The summed E-state index contributed by atoms with van der Waals surface area (Å²) in [5.41, 5.74) is 0.0154. The first kappa shape index (κ1) is 23.3. The summed E-state index contributed by atoms with van der Waals surface area (Å²) in [6.45, 7) is 0. The monoisotopic (exact) mass is 498 g/mol. The molecule has 0 amide bonds. The van der Waals surface area contributed by atoms with Crippen LogP contribution >= 0.6 is 11.3 Å². The first-order chi connectivity index (χ1) is 16.8. The van der Waals surface area contributed by atoms with Gasteiger partial charge in [-0.05, 0) is 42.2 Å². The average Bonchev–Trinajstić information content (AvgIpc) is 3.46. The molecule has 180 valence electrons. The molecule has 35 heavy (non-hydrogen) atoms. The van der Waals surface area contributed by atoms with Gasteiger partial charge in [0.25, 0.3) is 0 Å². The molecule has 2 aliphatic rings. The molecule has 0 radical (unpaired) electrons. The number of aromatic nitrogens is 1. The second kappa shape index (κ2) is 8.96.